The second-order valence-electron chi connectivity index (χ2n) is 5.76. The molecule has 2 rings (SSSR count). The smallest absolute Gasteiger partial charge is 0.161 e. The molecule has 0 aliphatic carbocycles. The van der Waals surface area contributed by atoms with E-state index in [0.29, 0.717) is 13.2 Å². The predicted octanol–water partition coefficient (Wildman–Crippen LogP) is 2.61. The molecule has 2 atom stereocenters. The summed E-state index contributed by atoms with van der Waals surface area (Å²) in [6.45, 7) is 5.50. The van der Waals surface area contributed by atoms with Gasteiger partial charge < -0.3 is 19.5 Å². The maximum atomic E-state index is 10.7. The predicted molar refractivity (Wildman–Crippen MR) is 79.4 cm³/mol. The molecular weight excluding hydrogens is 254 g/mol. The summed E-state index contributed by atoms with van der Waals surface area (Å²) in [4.78, 5) is 2.07. The molecule has 0 spiro atoms. The highest BCUT2D eigenvalue weighted by atomic mass is 16.5. The summed E-state index contributed by atoms with van der Waals surface area (Å²) in [6.07, 6.45) is 1.17. The minimum atomic E-state index is -0.570. The van der Waals surface area contributed by atoms with Crippen molar-refractivity contribution >= 4 is 0 Å². The molecule has 1 N–H and O–H groups in total. The summed E-state index contributed by atoms with van der Waals surface area (Å²) >= 11 is 0. The van der Waals surface area contributed by atoms with Crippen LogP contribution in [0.15, 0.2) is 18.2 Å². The van der Waals surface area contributed by atoms with E-state index in [1.807, 2.05) is 32.3 Å². The lowest BCUT2D eigenvalue weighted by Crippen LogP contribution is -2.46. The zero-order valence-electron chi connectivity index (χ0n) is 12.8. The third-order valence-electron chi connectivity index (χ3n) is 4.41. The quantitative estimate of drug-likeness (QED) is 0.920. The topological polar surface area (TPSA) is 41.9 Å². The molecule has 0 fully saturated rings. The largest absolute Gasteiger partial charge is 0.490 e. The Hall–Kier alpha value is -1.26. The maximum Gasteiger partial charge on any atom is 0.161 e. The number of likely N-dealkylation sites (N-methyl/N-ethyl adjacent to an activating group) is 1. The van der Waals surface area contributed by atoms with Crippen LogP contribution >= 0.6 is 0 Å². The van der Waals surface area contributed by atoms with Gasteiger partial charge in [0.1, 0.15) is 0 Å². The number of rotatable bonds is 4. The van der Waals surface area contributed by atoms with Crippen LogP contribution in [0.5, 0.6) is 11.5 Å². The Bertz CT molecular complexity index is 461. The molecule has 1 heterocycles. The first-order chi connectivity index (χ1) is 9.49. The third kappa shape index (κ3) is 2.76. The second kappa shape index (κ2) is 6.02. The molecule has 0 saturated heterocycles. The van der Waals surface area contributed by atoms with Crippen molar-refractivity contribution in [1.29, 1.82) is 0 Å². The Morgan fingerprint density at radius 1 is 1.25 bits per heavy atom. The molecule has 0 saturated carbocycles. The molecule has 4 heteroatoms. The van der Waals surface area contributed by atoms with Gasteiger partial charge in [0.05, 0.1) is 19.3 Å². The van der Waals surface area contributed by atoms with Crippen molar-refractivity contribution in [2.75, 3.05) is 27.3 Å². The zero-order chi connectivity index (χ0) is 14.8. The number of aliphatic hydroxyl groups is 1. The highest BCUT2D eigenvalue weighted by Gasteiger charge is 2.35. The van der Waals surface area contributed by atoms with Gasteiger partial charge in [0, 0.05) is 12.0 Å². The van der Waals surface area contributed by atoms with Gasteiger partial charge in [0.25, 0.3) is 0 Å². The number of aliphatic hydroxyl groups excluding tert-OH is 1. The van der Waals surface area contributed by atoms with Gasteiger partial charge in [-0.25, -0.2) is 0 Å². The van der Waals surface area contributed by atoms with E-state index in [2.05, 4.69) is 18.7 Å². The minimum absolute atomic E-state index is 0.306. The Morgan fingerprint density at radius 3 is 2.50 bits per heavy atom. The van der Waals surface area contributed by atoms with Crippen molar-refractivity contribution < 1.29 is 14.6 Å². The van der Waals surface area contributed by atoms with Crippen LogP contribution in [-0.4, -0.2) is 42.9 Å². The fraction of sp³-hybridized carbons (Fsp3) is 0.625. The van der Waals surface area contributed by atoms with E-state index in [0.717, 1.165) is 29.9 Å². The summed E-state index contributed by atoms with van der Waals surface area (Å²) in [5, 5.41) is 10.7. The zero-order valence-corrected chi connectivity index (χ0v) is 12.8. The number of hydrogen-bond donors (Lipinski definition) is 1. The Labute approximate surface area is 121 Å². The van der Waals surface area contributed by atoms with Crippen molar-refractivity contribution in [1.82, 2.24) is 4.90 Å². The van der Waals surface area contributed by atoms with Gasteiger partial charge in [-0.1, -0.05) is 13.0 Å². The average molecular weight is 279 g/mol. The van der Waals surface area contributed by atoms with E-state index < -0.39 is 6.10 Å². The van der Waals surface area contributed by atoms with Crippen LogP contribution in [0.3, 0.4) is 0 Å². The van der Waals surface area contributed by atoms with E-state index in [1.165, 1.54) is 0 Å². The Morgan fingerprint density at radius 2 is 1.90 bits per heavy atom. The fourth-order valence-corrected chi connectivity index (χ4v) is 2.46. The number of benzene rings is 1. The fourth-order valence-electron chi connectivity index (χ4n) is 2.46. The normalized spacial score (nSPS) is 19.3. The van der Waals surface area contributed by atoms with Crippen molar-refractivity contribution in [2.24, 2.45) is 0 Å². The van der Waals surface area contributed by atoms with Crippen molar-refractivity contribution in [3.8, 4) is 11.5 Å². The molecule has 0 bridgehead atoms. The minimum Gasteiger partial charge on any atom is -0.490 e. The molecular formula is C16H25NO3. The summed E-state index contributed by atoms with van der Waals surface area (Å²) < 4.78 is 11.3. The standard InChI is InChI=1S/C16H25NO3/c1-5-16(2,17(3)4)15(18)12-7-8-13-14(11-12)20-10-6-9-19-13/h7-8,11,15,18H,5-6,9-10H2,1-4H3. The number of hydrogen-bond acceptors (Lipinski definition) is 4. The van der Waals surface area contributed by atoms with E-state index in [4.69, 9.17) is 9.47 Å². The van der Waals surface area contributed by atoms with Crippen molar-refractivity contribution in [3.63, 3.8) is 0 Å². The highest BCUT2D eigenvalue weighted by Crippen LogP contribution is 2.37. The van der Waals surface area contributed by atoms with Crippen LogP contribution in [-0.2, 0) is 0 Å². The van der Waals surface area contributed by atoms with Crippen LogP contribution in [0, 0.1) is 0 Å². The monoisotopic (exact) mass is 279 g/mol. The van der Waals surface area contributed by atoms with E-state index in [-0.39, 0.29) is 5.54 Å². The molecule has 1 aromatic carbocycles. The molecule has 0 amide bonds. The van der Waals surface area contributed by atoms with Crippen LogP contribution in [0.25, 0.3) is 0 Å². The molecule has 112 valence electrons. The SMILES string of the molecule is CCC(C)(C(O)c1ccc2c(c1)OCCCO2)N(C)C. The highest BCUT2D eigenvalue weighted by molar-refractivity contribution is 5.44. The Kier molecular flexibility index (Phi) is 4.55. The first kappa shape index (κ1) is 15.1. The van der Waals surface area contributed by atoms with Gasteiger partial charge in [-0.3, -0.25) is 0 Å². The second-order valence-corrected chi connectivity index (χ2v) is 5.76. The number of ether oxygens (including phenoxy) is 2. The van der Waals surface area contributed by atoms with Gasteiger partial charge in [-0.15, -0.1) is 0 Å². The van der Waals surface area contributed by atoms with Crippen molar-refractivity contribution in [3.05, 3.63) is 23.8 Å². The average Bonchev–Trinajstić information content (AvgIpc) is 2.69. The molecule has 2 unspecified atom stereocenters. The summed E-state index contributed by atoms with van der Waals surface area (Å²) in [5.41, 5.74) is 0.562. The lowest BCUT2D eigenvalue weighted by molar-refractivity contribution is 0.000729. The van der Waals surface area contributed by atoms with Crippen molar-refractivity contribution in [2.45, 2.75) is 38.3 Å². The first-order valence-electron chi connectivity index (χ1n) is 7.24. The van der Waals surface area contributed by atoms with Crippen LogP contribution in [0.1, 0.15) is 38.4 Å². The van der Waals surface area contributed by atoms with Gasteiger partial charge in [0.15, 0.2) is 11.5 Å². The molecule has 4 nitrogen and oxygen atoms in total. The van der Waals surface area contributed by atoms with Crippen LogP contribution in [0.4, 0.5) is 0 Å². The summed E-state index contributed by atoms with van der Waals surface area (Å²) in [7, 11) is 3.99. The molecule has 20 heavy (non-hydrogen) atoms. The molecule has 0 radical (unpaired) electrons. The molecule has 0 aromatic heterocycles. The summed E-state index contributed by atoms with van der Waals surface area (Å²) in [5.74, 6) is 1.50. The van der Waals surface area contributed by atoms with Gasteiger partial charge >= 0.3 is 0 Å². The van der Waals surface area contributed by atoms with E-state index in [1.54, 1.807) is 0 Å². The van der Waals surface area contributed by atoms with Gasteiger partial charge in [-0.05, 0) is 45.1 Å². The van der Waals surface area contributed by atoms with Gasteiger partial charge in [0.2, 0.25) is 0 Å². The Balaban J connectivity index is 2.31. The number of fused-ring (bicyclic) bond motifs is 1. The first-order valence-corrected chi connectivity index (χ1v) is 7.24. The van der Waals surface area contributed by atoms with E-state index in [9.17, 15) is 5.11 Å². The summed E-state index contributed by atoms with van der Waals surface area (Å²) in [6, 6.07) is 5.73. The van der Waals surface area contributed by atoms with Crippen LogP contribution < -0.4 is 9.47 Å². The van der Waals surface area contributed by atoms with Gasteiger partial charge in [-0.2, -0.15) is 0 Å². The molecule has 1 aliphatic heterocycles. The lowest BCUT2D eigenvalue weighted by Gasteiger charge is -2.40. The maximum absolute atomic E-state index is 10.7. The lowest BCUT2D eigenvalue weighted by atomic mass is 9.86. The molecule has 1 aliphatic rings. The number of nitrogens with zero attached hydrogens (tertiary/aromatic N) is 1. The molecule has 1 aromatic rings. The van der Waals surface area contributed by atoms with E-state index >= 15 is 0 Å². The third-order valence-corrected chi connectivity index (χ3v) is 4.41. The van der Waals surface area contributed by atoms with Crippen LogP contribution in [0.2, 0.25) is 0 Å².